The molecule has 0 bridgehead atoms. The predicted molar refractivity (Wildman–Crippen MR) is 101 cm³/mol. The van der Waals surface area contributed by atoms with Crippen molar-refractivity contribution in [1.82, 2.24) is 0 Å². The number of aliphatic imine (C=N–C) groups is 1. The molecule has 0 unspecified atom stereocenters. The summed E-state index contributed by atoms with van der Waals surface area (Å²) in [6.07, 6.45) is 1.54. The van der Waals surface area contributed by atoms with Gasteiger partial charge in [0.05, 0.1) is 11.3 Å². The minimum atomic E-state index is -0.863. The summed E-state index contributed by atoms with van der Waals surface area (Å²) in [5.74, 6) is 1.16. The second kappa shape index (κ2) is 5.83. The molecule has 2 aliphatic rings. The lowest BCUT2D eigenvalue weighted by Crippen LogP contribution is -2.30. The van der Waals surface area contributed by atoms with E-state index in [9.17, 15) is 4.39 Å². The van der Waals surface area contributed by atoms with Crippen LogP contribution in [-0.4, -0.2) is 23.7 Å². The summed E-state index contributed by atoms with van der Waals surface area (Å²) in [6, 6.07) is 12.2. The predicted octanol–water partition coefficient (Wildman–Crippen LogP) is 4.88. The molecule has 0 saturated heterocycles. The van der Waals surface area contributed by atoms with Gasteiger partial charge in [-0.15, -0.1) is 0 Å². The smallest absolute Gasteiger partial charge is 0.228 e. The lowest BCUT2D eigenvalue weighted by molar-refractivity contribution is 0.124. The Morgan fingerprint density at radius 3 is 2.54 bits per heavy atom. The third-order valence-electron chi connectivity index (χ3n) is 4.94. The highest BCUT2D eigenvalue weighted by atomic mass is 19.1. The molecule has 0 N–H and O–H groups in total. The Hall–Kier alpha value is -2.36. The van der Waals surface area contributed by atoms with Gasteiger partial charge in [0.1, 0.15) is 5.60 Å². The van der Waals surface area contributed by atoms with Crippen LogP contribution in [0.4, 0.5) is 4.39 Å². The fourth-order valence-corrected chi connectivity index (χ4v) is 4.04. The third-order valence-corrected chi connectivity index (χ3v) is 4.94. The molecule has 0 fully saturated rings. The van der Waals surface area contributed by atoms with E-state index in [0.29, 0.717) is 11.5 Å². The molecule has 0 atom stereocenters. The Kier molecular flexibility index (Phi) is 3.83. The highest BCUT2D eigenvalue weighted by Gasteiger charge is 2.39. The van der Waals surface area contributed by atoms with Crippen molar-refractivity contribution in [3.05, 3.63) is 58.7 Å². The van der Waals surface area contributed by atoms with Gasteiger partial charge in [-0.2, -0.15) is 0 Å². The maximum Gasteiger partial charge on any atom is 0.228 e. The van der Waals surface area contributed by atoms with Gasteiger partial charge in [-0.05, 0) is 45.7 Å². The van der Waals surface area contributed by atoms with E-state index in [1.54, 1.807) is 0 Å². The molecule has 2 aromatic rings. The van der Waals surface area contributed by atoms with E-state index in [4.69, 9.17) is 14.5 Å². The fraction of sp³-hybridized carbons (Fsp3) is 0.409. The summed E-state index contributed by atoms with van der Waals surface area (Å²) in [5, 5.41) is 0. The quantitative estimate of drug-likeness (QED) is 0.787. The van der Waals surface area contributed by atoms with Crippen LogP contribution in [-0.2, 0) is 12.8 Å². The fourth-order valence-electron chi connectivity index (χ4n) is 4.04. The minimum Gasteiger partial charge on any atom is -0.483 e. The first kappa shape index (κ1) is 17.1. The summed E-state index contributed by atoms with van der Waals surface area (Å²) in [5.41, 5.74) is 4.85. The second-order valence-electron chi connectivity index (χ2n) is 8.32. The second-order valence-corrected chi connectivity index (χ2v) is 8.32. The number of fused-ring (bicyclic) bond motifs is 3. The summed E-state index contributed by atoms with van der Waals surface area (Å²) in [7, 11) is 0. The van der Waals surface area contributed by atoms with Crippen LogP contribution in [0.3, 0.4) is 0 Å². The zero-order valence-electron chi connectivity index (χ0n) is 15.7. The first-order chi connectivity index (χ1) is 12.3. The monoisotopic (exact) mass is 353 g/mol. The van der Waals surface area contributed by atoms with Crippen LogP contribution < -0.4 is 9.47 Å². The van der Waals surface area contributed by atoms with E-state index in [0.717, 1.165) is 40.8 Å². The Labute approximate surface area is 153 Å². The lowest BCUT2D eigenvalue weighted by Gasteiger charge is -2.31. The van der Waals surface area contributed by atoms with E-state index in [2.05, 4.69) is 26.0 Å². The highest BCUT2D eigenvalue weighted by molar-refractivity contribution is 6.16. The van der Waals surface area contributed by atoms with Crippen LogP contribution in [0.2, 0.25) is 0 Å². The van der Waals surface area contributed by atoms with E-state index < -0.39 is 6.86 Å². The molecule has 0 aromatic heterocycles. The van der Waals surface area contributed by atoms with Crippen molar-refractivity contribution in [2.24, 2.45) is 4.99 Å². The van der Waals surface area contributed by atoms with Crippen molar-refractivity contribution in [3.63, 3.8) is 0 Å². The summed E-state index contributed by atoms with van der Waals surface area (Å²) < 4.78 is 24.4. The Bertz CT molecular complexity index is 885. The van der Waals surface area contributed by atoms with Gasteiger partial charge in [0.15, 0.2) is 11.5 Å². The maximum atomic E-state index is 13.0. The number of halogens is 1. The molecule has 0 spiro atoms. The van der Waals surface area contributed by atoms with Crippen LogP contribution in [0.25, 0.3) is 0 Å². The average Bonchev–Trinajstić information content (AvgIpc) is 2.89. The van der Waals surface area contributed by atoms with Gasteiger partial charge in [0, 0.05) is 23.1 Å². The average molecular weight is 353 g/mol. The zero-order valence-corrected chi connectivity index (χ0v) is 15.7. The largest absolute Gasteiger partial charge is 0.483 e. The van der Waals surface area contributed by atoms with Crippen molar-refractivity contribution in [3.8, 4) is 11.5 Å². The SMILES string of the molecule is CC1(C)Cc2cc(OCF)c3c(c2C(c2ccccc2)=N1)CC(C)(C)O3. The highest BCUT2D eigenvalue weighted by Crippen LogP contribution is 2.47. The number of rotatable bonds is 3. The van der Waals surface area contributed by atoms with Gasteiger partial charge in [-0.3, -0.25) is 4.99 Å². The molecule has 0 saturated carbocycles. The number of nitrogens with zero attached hydrogens (tertiary/aromatic N) is 1. The normalized spacial score (nSPS) is 19.2. The minimum absolute atomic E-state index is 0.228. The number of hydrogen-bond acceptors (Lipinski definition) is 3. The zero-order chi connectivity index (χ0) is 18.5. The Balaban J connectivity index is 1.98. The molecule has 136 valence electrons. The molecule has 26 heavy (non-hydrogen) atoms. The summed E-state index contributed by atoms with van der Waals surface area (Å²) in [4.78, 5) is 5.07. The number of alkyl halides is 1. The van der Waals surface area contributed by atoms with E-state index in [-0.39, 0.29) is 11.1 Å². The molecular weight excluding hydrogens is 329 g/mol. The molecule has 2 aliphatic heterocycles. The van der Waals surface area contributed by atoms with Crippen LogP contribution in [0.15, 0.2) is 41.4 Å². The van der Waals surface area contributed by atoms with Crippen molar-refractivity contribution in [1.29, 1.82) is 0 Å². The van der Waals surface area contributed by atoms with Crippen molar-refractivity contribution in [2.75, 3.05) is 6.86 Å². The van der Waals surface area contributed by atoms with Gasteiger partial charge >= 0.3 is 0 Å². The van der Waals surface area contributed by atoms with Crippen LogP contribution in [0.5, 0.6) is 11.5 Å². The Morgan fingerprint density at radius 1 is 1.12 bits per heavy atom. The summed E-state index contributed by atoms with van der Waals surface area (Å²) in [6.45, 7) is 7.48. The number of ether oxygens (including phenoxy) is 2. The third kappa shape index (κ3) is 2.87. The van der Waals surface area contributed by atoms with E-state index in [1.807, 2.05) is 38.1 Å². The molecule has 0 radical (unpaired) electrons. The molecule has 3 nitrogen and oxygen atoms in total. The van der Waals surface area contributed by atoms with E-state index in [1.165, 1.54) is 0 Å². The van der Waals surface area contributed by atoms with Gasteiger partial charge in [-0.25, -0.2) is 4.39 Å². The summed E-state index contributed by atoms with van der Waals surface area (Å²) >= 11 is 0. The van der Waals surface area contributed by atoms with Crippen LogP contribution in [0.1, 0.15) is 49.9 Å². The molecule has 2 aromatic carbocycles. The standard InChI is InChI=1S/C22H24FNO2/c1-21(2)11-15-10-17(25-13-23)20-16(12-22(3,4)26-20)18(15)19(24-21)14-8-6-5-7-9-14/h5-10H,11-13H2,1-4H3. The van der Waals surface area contributed by atoms with Crippen molar-refractivity contribution in [2.45, 2.75) is 51.7 Å². The maximum absolute atomic E-state index is 13.0. The molecule has 4 rings (SSSR count). The molecule has 0 aliphatic carbocycles. The molecule has 0 amide bonds. The molecular formula is C22H24FNO2. The topological polar surface area (TPSA) is 30.8 Å². The molecule has 2 heterocycles. The first-order valence-corrected chi connectivity index (χ1v) is 9.02. The first-order valence-electron chi connectivity index (χ1n) is 9.02. The number of benzene rings is 2. The van der Waals surface area contributed by atoms with Crippen molar-refractivity contribution < 1.29 is 13.9 Å². The van der Waals surface area contributed by atoms with Crippen LogP contribution >= 0.6 is 0 Å². The van der Waals surface area contributed by atoms with Crippen LogP contribution in [0, 0.1) is 0 Å². The van der Waals surface area contributed by atoms with E-state index >= 15 is 0 Å². The van der Waals surface area contributed by atoms with Gasteiger partial charge in [-0.1, -0.05) is 30.3 Å². The van der Waals surface area contributed by atoms with Gasteiger partial charge in [0.25, 0.3) is 0 Å². The van der Waals surface area contributed by atoms with Gasteiger partial charge in [0.2, 0.25) is 6.86 Å². The molecule has 4 heteroatoms. The number of hydrogen-bond donors (Lipinski definition) is 0. The lowest BCUT2D eigenvalue weighted by atomic mass is 9.81. The van der Waals surface area contributed by atoms with Gasteiger partial charge < -0.3 is 9.47 Å². The Morgan fingerprint density at radius 2 is 1.85 bits per heavy atom. The van der Waals surface area contributed by atoms with Crippen molar-refractivity contribution >= 4 is 5.71 Å².